The molecule has 1 heterocycles. The molecule has 0 aliphatic heterocycles. The number of nitrogens with one attached hydrogen (secondary N) is 2. The monoisotopic (exact) mass is 375 g/mol. The van der Waals surface area contributed by atoms with E-state index in [0.717, 1.165) is 23.5 Å². The van der Waals surface area contributed by atoms with E-state index in [1.165, 1.54) is 12.7 Å². The molecular formula is C22H21N3O3. The van der Waals surface area contributed by atoms with E-state index >= 15 is 0 Å². The number of benzene rings is 2. The van der Waals surface area contributed by atoms with Crippen LogP contribution in [-0.4, -0.2) is 24.0 Å². The number of carbonyl (C=O) groups excluding carboxylic acids is 2. The van der Waals surface area contributed by atoms with E-state index in [2.05, 4.69) is 27.3 Å². The van der Waals surface area contributed by atoms with Crippen molar-refractivity contribution in [3.05, 3.63) is 83.7 Å². The van der Waals surface area contributed by atoms with Gasteiger partial charge in [-0.1, -0.05) is 19.1 Å². The molecule has 0 unspecified atom stereocenters. The number of rotatable bonds is 6. The molecule has 3 aromatic rings. The Balaban J connectivity index is 1.62. The number of esters is 1. The lowest BCUT2D eigenvalue weighted by Crippen LogP contribution is -2.13. The van der Waals surface area contributed by atoms with Gasteiger partial charge in [0, 0.05) is 11.4 Å². The van der Waals surface area contributed by atoms with Gasteiger partial charge >= 0.3 is 5.97 Å². The van der Waals surface area contributed by atoms with E-state index in [1.54, 1.807) is 42.6 Å². The Morgan fingerprint density at radius 3 is 2.11 bits per heavy atom. The lowest BCUT2D eigenvalue weighted by molar-refractivity contribution is 0.0600. The summed E-state index contributed by atoms with van der Waals surface area (Å²) in [6.07, 6.45) is 2.54. The Labute approximate surface area is 163 Å². The quantitative estimate of drug-likeness (QED) is 0.623. The number of hydrogen-bond donors (Lipinski definition) is 2. The van der Waals surface area contributed by atoms with Crippen molar-refractivity contribution in [2.75, 3.05) is 17.7 Å². The number of methoxy groups -OCH3 is 1. The molecule has 0 fully saturated rings. The van der Waals surface area contributed by atoms with Gasteiger partial charge in [-0.2, -0.15) is 0 Å². The van der Waals surface area contributed by atoms with Gasteiger partial charge in [0.1, 0.15) is 5.69 Å². The summed E-state index contributed by atoms with van der Waals surface area (Å²) in [6.45, 7) is 2.08. The van der Waals surface area contributed by atoms with Crippen LogP contribution in [0.1, 0.15) is 33.3 Å². The van der Waals surface area contributed by atoms with Crippen molar-refractivity contribution in [3.63, 3.8) is 0 Å². The third-order valence-electron chi connectivity index (χ3n) is 4.21. The van der Waals surface area contributed by atoms with Crippen molar-refractivity contribution in [1.82, 2.24) is 4.98 Å². The van der Waals surface area contributed by atoms with Gasteiger partial charge in [-0.15, -0.1) is 0 Å². The predicted molar refractivity (Wildman–Crippen MR) is 109 cm³/mol. The number of anilines is 3. The van der Waals surface area contributed by atoms with Crippen LogP contribution in [0.25, 0.3) is 0 Å². The fourth-order valence-electron chi connectivity index (χ4n) is 2.60. The molecule has 2 aromatic carbocycles. The van der Waals surface area contributed by atoms with Gasteiger partial charge < -0.3 is 15.4 Å². The van der Waals surface area contributed by atoms with Crippen LogP contribution < -0.4 is 10.6 Å². The van der Waals surface area contributed by atoms with E-state index in [1.807, 2.05) is 24.3 Å². The van der Waals surface area contributed by atoms with Gasteiger partial charge in [-0.25, -0.2) is 9.78 Å². The second-order valence-electron chi connectivity index (χ2n) is 6.13. The summed E-state index contributed by atoms with van der Waals surface area (Å²) in [6, 6.07) is 18.1. The minimum atomic E-state index is -0.382. The Bertz CT molecular complexity index is 950. The molecular weight excluding hydrogens is 354 g/mol. The SMILES string of the molecule is CCc1ccc(NC(=O)c2ccc(Nc3ccc(C(=O)OC)cc3)cn2)cc1. The number of ether oxygens (including phenoxy) is 1. The Morgan fingerprint density at radius 2 is 1.54 bits per heavy atom. The number of carbonyl (C=O) groups is 2. The van der Waals surface area contributed by atoms with Gasteiger partial charge in [0.05, 0.1) is 24.6 Å². The summed E-state index contributed by atoms with van der Waals surface area (Å²) in [5.41, 5.74) is 4.27. The fourth-order valence-corrected chi connectivity index (χ4v) is 2.60. The van der Waals surface area contributed by atoms with Crippen molar-refractivity contribution in [2.24, 2.45) is 0 Å². The summed E-state index contributed by atoms with van der Waals surface area (Å²) in [5.74, 6) is -0.647. The van der Waals surface area contributed by atoms with E-state index in [9.17, 15) is 9.59 Å². The maximum atomic E-state index is 12.3. The molecule has 0 bridgehead atoms. The number of hydrogen-bond acceptors (Lipinski definition) is 5. The van der Waals surface area contributed by atoms with E-state index < -0.39 is 0 Å². The first-order valence-electron chi connectivity index (χ1n) is 8.91. The van der Waals surface area contributed by atoms with Crippen molar-refractivity contribution in [3.8, 4) is 0 Å². The van der Waals surface area contributed by atoms with Crippen LogP contribution in [0.4, 0.5) is 17.1 Å². The molecule has 0 spiro atoms. The first-order valence-corrected chi connectivity index (χ1v) is 8.91. The lowest BCUT2D eigenvalue weighted by Gasteiger charge is -2.08. The highest BCUT2D eigenvalue weighted by Crippen LogP contribution is 2.18. The zero-order valence-electron chi connectivity index (χ0n) is 15.7. The van der Waals surface area contributed by atoms with Gasteiger partial charge in [-0.3, -0.25) is 4.79 Å². The maximum Gasteiger partial charge on any atom is 0.337 e. The molecule has 0 aliphatic carbocycles. The number of nitrogens with zero attached hydrogens (tertiary/aromatic N) is 1. The second kappa shape index (κ2) is 8.81. The Kier molecular flexibility index (Phi) is 6.01. The Hall–Kier alpha value is -3.67. The average Bonchev–Trinajstić information content (AvgIpc) is 2.74. The van der Waals surface area contributed by atoms with E-state index in [4.69, 9.17) is 0 Å². The van der Waals surface area contributed by atoms with Crippen molar-refractivity contribution >= 4 is 28.9 Å². The molecule has 0 aliphatic rings. The van der Waals surface area contributed by atoms with Crippen LogP contribution in [0.5, 0.6) is 0 Å². The molecule has 1 aromatic heterocycles. The zero-order chi connectivity index (χ0) is 19.9. The topological polar surface area (TPSA) is 80.3 Å². The highest BCUT2D eigenvalue weighted by molar-refractivity contribution is 6.03. The summed E-state index contributed by atoms with van der Waals surface area (Å²) >= 11 is 0. The first kappa shape index (κ1) is 19.1. The molecule has 0 saturated carbocycles. The number of aryl methyl sites for hydroxylation is 1. The van der Waals surface area contributed by atoms with Crippen LogP contribution in [0.15, 0.2) is 66.9 Å². The van der Waals surface area contributed by atoms with Gasteiger partial charge in [0.2, 0.25) is 0 Å². The number of amides is 1. The molecule has 1 amide bonds. The van der Waals surface area contributed by atoms with Gasteiger partial charge in [0.25, 0.3) is 5.91 Å². The minimum Gasteiger partial charge on any atom is -0.465 e. The summed E-state index contributed by atoms with van der Waals surface area (Å²) in [5, 5.41) is 6.01. The fraction of sp³-hybridized carbons (Fsp3) is 0.136. The molecule has 0 atom stereocenters. The first-order chi connectivity index (χ1) is 13.6. The third kappa shape index (κ3) is 4.73. The molecule has 2 N–H and O–H groups in total. The normalized spacial score (nSPS) is 10.2. The molecule has 142 valence electrons. The highest BCUT2D eigenvalue weighted by Gasteiger charge is 2.08. The second-order valence-corrected chi connectivity index (χ2v) is 6.13. The van der Waals surface area contributed by atoms with E-state index in [0.29, 0.717) is 11.3 Å². The van der Waals surface area contributed by atoms with Crippen molar-refractivity contribution in [1.29, 1.82) is 0 Å². The summed E-state index contributed by atoms with van der Waals surface area (Å²) < 4.78 is 4.68. The van der Waals surface area contributed by atoms with Crippen LogP contribution >= 0.6 is 0 Å². The van der Waals surface area contributed by atoms with Crippen molar-refractivity contribution < 1.29 is 14.3 Å². The molecule has 3 rings (SSSR count). The smallest absolute Gasteiger partial charge is 0.337 e. The van der Waals surface area contributed by atoms with Crippen LogP contribution in [-0.2, 0) is 11.2 Å². The van der Waals surface area contributed by atoms with Crippen LogP contribution in [0, 0.1) is 0 Å². The van der Waals surface area contributed by atoms with Crippen LogP contribution in [0.3, 0.4) is 0 Å². The minimum absolute atomic E-state index is 0.266. The molecule has 6 heteroatoms. The molecule has 0 saturated heterocycles. The zero-order valence-corrected chi connectivity index (χ0v) is 15.7. The van der Waals surface area contributed by atoms with Crippen LogP contribution in [0.2, 0.25) is 0 Å². The largest absolute Gasteiger partial charge is 0.465 e. The standard InChI is InChI=1S/C22H21N3O3/c1-3-15-4-8-18(9-5-15)25-21(26)20-13-12-19(14-23-20)24-17-10-6-16(7-11-17)22(27)28-2/h4-14,24H,3H2,1-2H3,(H,25,26). The predicted octanol–water partition coefficient (Wildman–Crippen LogP) is 4.43. The van der Waals surface area contributed by atoms with Crippen molar-refractivity contribution in [2.45, 2.75) is 13.3 Å². The molecule has 6 nitrogen and oxygen atoms in total. The highest BCUT2D eigenvalue weighted by atomic mass is 16.5. The average molecular weight is 375 g/mol. The molecule has 0 radical (unpaired) electrons. The number of aromatic nitrogens is 1. The number of pyridine rings is 1. The lowest BCUT2D eigenvalue weighted by atomic mass is 10.1. The van der Waals surface area contributed by atoms with Gasteiger partial charge in [0.15, 0.2) is 0 Å². The molecule has 28 heavy (non-hydrogen) atoms. The Morgan fingerprint density at radius 1 is 0.893 bits per heavy atom. The summed E-state index contributed by atoms with van der Waals surface area (Å²) in [4.78, 5) is 28.0. The van der Waals surface area contributed by atoms with Gasteiger partial charge in [-0.05, 0) is 60.5 Å². The summed E-state index contributed by atoms with van der Waals surface area (Å²) in [7, 11) is 1.35. The van der Waals surface area contributed by atoms with E-state index in [-0.39, 0.29) is 11.9 Å². The third-order valence-corrected chi connectivity index (χ3v) is 4.21. The maximum absolute atomic E-state index is 12.3.